The third-order valence-corrected chi connectivity index (χ3v) is 4.24. The molecule has 12 heavy (non-hydrogen) atoms. The lowest BCUT2D eigenvalue weighted by molar-refractivity contribution is 0.313. The van der Waals surface area contributed by atoms with Crippen molar-refractivity contribution < 1.29 is 0 Å². The second-order valence-electron chi connectivity index (χ2n) is 3.96. The van der Waals surface area contributed by atoms with E-state index in [0.717, 1.165) is 6.54 Å². The van der Waals surface area contributed by atoms with Gasteiger partial charge in [-0.15, -0.1) is 11.8 Å². The molecule has 2 saturated heterocycles. The monoisotopic (exact) mass is 186 g/mol. The fraction of sp³-hybridized carbons (Fsp3) is 1.00. The van der Waals surface area contributed by atoms with Crippen LogP contribution in [0.3, 0.4) is 0 Å². The second kappa shape index (κ2) is 3.56. The minimum atomic E-state index is 0.385. The van der Waals surface area contributed by atoms with Crippen LogP contribution in [-0.4, -0.2) is 29.8 Å². The van der Waals surface area contributed by atoms with Crippen molar-refractivity contribution in [3.8, 4) is 0 Å². The third-order valence-electron chi connectivity index (χ3n) is 2.78. The van der Waals surface area contributed by atoms with E-state index in [4.69, 9.17) is 0 Å². The Labute approximate surface area is 78.9 Å². The van der Waals surface area contributed by atoms with E-state index in [1.165, 1.54) is 31.6 Å². The van der Waals surface area contributed by atoms with Crippen LogP contribution in [0.4, 0.5) is 0 Å². The molecule has 3 heteroatoms. The summed E-state index contributed by atoms with van der Waals surface area (Å²) < 4.78 is 0. The molecule has 2 aliphatic heterocycles. The number of piperidine rings is 1. The smallest absolute Gasteiger partial charge is 0.0773 e. The lowest BCUT2D eigenvalue weighted by Gasteiger charge is -2.43. The first-order valence-electron chi connectivity index (χ1n) is 4.93. The van der Waals surface area contributed by atoms with Gasteiger partial charge in [0.25, 0.3) is 0 Å². The first-order chi connectivity index (χ1) is 5.81. The zero-order chi connectivity index (χ0) is 8.44. The van der Waals surface area contributed by atoms with Gasteiger partial charge in [0.1, 0.15) is 0 Å². The van der Waals surface area contributed by atoms with Gasteiger partial charge < -0.3 is 5.32 Å². The standard InChI is InChI=1S/C9H18N2S/c1-8-3-6-12-9(11-8)4-2-5-10-7-9/h8,10-11H,2-7H2,1H3. The molecule has 2 fully saturated rings. The normalized spacial score (nSPS) is 43.2. The first kappa shape index (κ1) is 8.85. The Balaban J connectivity index is 1.97. The molecule has 2 rings (SSSR count). The summed E-state index contributed by atoms with van der Waals surface area (Å²) in [6.45, 7) is 4.66. The lowest BCUT2D eigenvalue weighted by Crippen LogP contribution is -2.58. The Hall–Kier alpha value is 0.270. The maximum atomic E-state index is 3.73. The van der Waals surface area contributed by atoms with Gasteiger partial charge in [-0.1, -0.05) is 0 Å². The molecule has 0 bridgehead atoms. The van der Waals surface area contributed by atoms with Crippen molar-refractivity contribution in [3.05, 3.63) is 0 Å². The van der Waals surface area contributed by atoms with Gasteiger partial charge in [-0.25, -0.2) is 0 Å². The van der Waals surface area contributed by atoms with Crippen LogP contribution in [0, 0.1) is 0 Å². The third kappa shape index (κ3) is 1.78. The first-order valence-corrected chi connectivity index (χ1v) is 5.92. The van der Waals surface area contributed by atoms with Crippen LogP contribution in [0.2, 0.25) is 0 Å². The number of rotatable bonds is 0. The molecule has 1 spiro atoms. The van der Waals surface area contributed by atoms with E-state index in [0.29, 0.717) is 10.9 Å². The summed E-state index contributed by atoms with van der Waals surface area (Å²) in [4.78, 5) is 0.385. The molecular weight excluding hydrogens is 168 g/mol. The fourth-order valence-electron chi connectivity index (χ4n) is 2.12. The number of nitrogens with one attached hydrogen (secondary N) is 2. The quantitative estimate of drug-likeness (QED) is 0.594. The Morgan fingerprint density at radius 3 is 3.08 bits per heavy atom. The molecule has 70 valence electrons. The van der Waals surface area contributed by atoms with Gasteiger partial charge in [0.2, 0.25) is 0 Å². The highest BCUT2D eigenvalue weighted by molar-refractivity contribution is 8.00. The summed E-state index contributed by atoms with van der Waals surface area (Å²) >= 11 is 2.12. The van der Waals surface area contributed by atoms with E-state index in [9.17, 15) is 0 Å². The van der Waals surface area contributed by atoms with Crippen molar-refractivity contribution in [2.45, 2.75) is 37.1 Å². The van der Waals surface area contributed by atoms with Gasteiger partial charge in [0.05, 0.1) is 4.87 Å². The molecule has 2 heterocycles. The van der Waals surface area contributed by atoms with Gasteiger partial charge in [-0.05, 0) is 38.5 Å². The largest absolute Gasteiger partial charge is 0.314 e. The summed E-state index contributed by atoms with van der Waals surface area (Å²) in [6.07, 6.45) is 3.99. The summed E-state index contributed by atoms with van der Waals surface area (Å²) in [5.41, 5.74) is 0. The van der Waals surface area contributed by atoms with Crippen LogP contribution >= 0.6 is 11.8 Å². The average Bonchev–Trinajstić information content (AvgIpc) is 2.05. The molecule has 0 aromatic rings. The van der Waals surface area contributed by atoms with Crippen LogP contribution in [0.15, 0.2) is 0 Å². The summed E-state index contributed by atoms with van der Waals surface area (Å²) in [5, 5.41) is 7.21. The van der Waals surface area contributed by atoms with Crippen molar-refractivity contribution in [3.63, 3.8) is 0 Å². The predicted octanol–water partition coefficient (Wildman–Crippen LogP) is 1.18. The number of thioether (sulfide) groups is 1. The van der Waals surface area contributed by atoms with Gasteiger partial charge in [-0.3, -0.25) is 5.32 Å². The molecule has 2 N–H and O–H groups in total. The highest BCUT2D eigenvalue weighted by atomic mass is 32.2. The van der Waals surface area contributed by atoms with Gasteiger partial charge in [0.15, 0.2) is 0 Å². The van der Waals surface area contributed by atoms with E-state index in [2.05, 4.69) is 29.3 Å². The number of hydrogen-bond donors (Lipinski definition) is 2. The highest BCUT2D eigenvalue weighted by Crippen LogP contribution is 2.34. The Kier molecular flexibility index (Phi) is 2.63. The molecule has 2 aliphatic rings. The summed E-state index contributed by atoms with van der Waals surface area (Å²) in [5.74, 6) is 1.33. The van der Waals surface area contributed by atoms with Crippen LogP contribution in [0.5, 0.6) is 0 Å². The molecule has 0 aliphatic carbocycles. The molecule has 2 nitrogen and oxygen atoms in total. The zero-order valence-corrected chi connectivity index (χ0v) is 8.54. The summed E-state index contributed by atoms with van der Waals surface area (Å²) in [7, 11) is 0. The lowest BCUT2D eigenvalue weighted by atomic mass is 10.0. The SMILES string of the molecule is CC1CCSC2(CCCNC2)N1. The van der Waals surface area contributed by atoms with Crippen molar-refractivity contribution in [1.82, 2.24) is 10.6 Å². The molecule has 2 unspecified atom stereocenters. The van der Waals surface area contributed by atoms with E-state index >= 15 is 0 Å². The van der Waals surface area contributed by atoms with Crippen molar-refractivity contribution in [2.75, 3.05) is 18.8 Å². The molecule has 0 aromatic heterocycles. The van der Waals surface area contributed by atoms with E-state index < -0.39 is 0 Å². The van der Waals surface area contributed by atoms with Crippen LogP contribution in [-0.2, 0) is 0 Å². The van der Waals surface area contributed by atoms with E-state index in [1.54, 1.807) is 0 Å². The van der Waals surface area contributed by atoms with Gasteiger partial charge >= 0.3 is 0 Å². The van der Waals surface area contributed by atoms with Crippen LogP contribution in [0.1, 0.15) is 26.2 Å². The molecular formula is C9H18N2S. The Bertz CT molecular complexity index is 149. The van der Waals surface area contributed by atoms with Crippen molar-refractivity contribution in [1.29, 1.82) is 0 Å². The minimum Gasteiger partial charge on any atom is -0.314 e. The highest BCUT2D eigenvalue weighted by Gasteiger charge is 2.35. The minimum absolute atomic E-state index is 0.385. The van der Waals surface area contributed by atoms with Gasteiger partial charge in [-0.2, -0.15) is 0 Å². The fourth-order valence-corrected chi connectivity index (χ4v) is 3.76. The second-order valence-corrected chi connectivity index (χ2v) is 5.44. The number of hydrogen-bond acceptors (Lipinski definition) is 3. The molecule has 0 radical (unpaired) electrons. The van der Waals surface area contributed by atoms with E-state index in [1.807, 2.05) is 0 Å². The predicted molar refractivity (Wildman–Crippen MR) is 54.5 cm³/mol. The molecule has 2 atom stereocenters. The van der Waals surface area contributed by atoms with Gasteiger partial charge in [0, 0.05) is 12.6 Å². The van der Waals surface area contributed by atoms with E-state index in [-0.39, 0.29) is 0 Å². The van der Waals surface area contributed by atoms with Crippen LogP contribution in [0.25, 0.3) is 0 Å². The van der Waals surface area contributed by atoms with Crippen molar-refractivity contribution >= 4 is 11.8 Å². The topological polar surface area (TPSA) is 24.1 Å². The maximum Gasteiger partial charge on any atom is 0.0773 e. The molecule has 0 amide bonds. The molecule has 0 aromatic carbocycles. The molecule has 0 saturated carbocycles. The Morgan fingerprint density at radius 2 is 2.42 bits per heavy atom. The summed E-state index contributed by atoms with van der Waals surface area (Å²) in [6, 6.07) is 0.714. The maximum absolute atomic E-state index is 3.73. The van der Waals surface area contributed by atoms with Crippen molar-refractivity contribution in [2.24, 2.45) is 0 Å². The Morgan fingerprint density at radius 1 is 1.50 bits per heavy atom. The average molecular weight is 186 g/mol. The zero-order valence-electron chi connectivity index (χ0n) is 7.73. The van der Waals surface area contributed by atoms with Crippen LogP contribution < -0.4 is 10.6 Å².